The standard InChI is InChI=1S/C22H32N4O3/c1-2-23-22(26-19-12-17-8-9-20(19)29-17)25-13-15-5-3-6-16(11-15)21(27)24-14-18-7-4-10-28-18/h3,5-6,11,17-20H,2,4,7-10,12-14H2,1H3,(H,24,27)(H2,23,25,26). The molecule has 1 aromatic rings. The quantitative estimate of drug-likeness (QED) is 0.481. The van der Waals surface area contributed by atoms with Gasteiger partial charge in [-0.2, -0.15) is 0 Å². The fraction of sp³-hybridized carbons (Fsp3) is 0.636. The number of guanidine groups is 1. The second kappa shape index (κ2) is 9.59. The van der Waals surface area contributed by atoms with Crippen molar-refractivity contribution in [3.63, 3.8) is 0 Å². The fourth-order valence-corrected chi connectivity index (χ4v) is 4.38. The minimum Gasteiger partial charge on any atom is -0.376 e. The number of nitrogens with zero attached hydrogens (tertiary/aromatic N) is 1. The van der Waals surface area contributed by atoms with E-state index < -0.39 is 0 Å². The Labute approximate surface area is 172 Å². The first-order chi connectivity index (χ1) is 14.2. The van der Waals surface area contributed by atoms with Crippen molar-refractivity contribution < 1.29 is 14.3 Å². The molecule has 0 radical (unpaired) electrons. The van der Waals surface area contributed by atoms with Gasteiger partial charge in [0.05, 0.1) is 30.9 Å². The zero-order chi connectivity index (χ0) is 20.1. The first-order valence-electron chi connectivity index (χ1n) is 10.9. The lowest BCUT2D eigenvalue weighted by atomic mass is 9.96. The summed E-state index contributed by atoms with van der Waals surface area (Å²) >= 11 is 0. The van der Waals surface area contributed by atoms with E-state index in [9.17, 15) is 4.79 Å². The molecule has 29 heavy (non-hydrogen) atoms. The molecular formula is C22H32N4O3. The number of aliphatic imine (C=N–C) groups is 1. The van der Waals surface area contributed by atoms with Crippen molar-refractivity contribution in [1.29, 1.82) is 0 Å². The molecule has 0 spiro atoms. The highest BCUT2D eigenvalue weighted by Gasteiger charge is 2.41. The van der Waals surface area contributed by atoms with Crippen LogP contribution in [0, 0.1) is 0 Å². The van der Waals surface area contributed by atoms with E-state index in [0.29, 0.717) is 36.9 Å². The van der Waals surface area contributed by atoms with E-state index in [1.54, 1.807) is 0 Å². The maximum atomic E-state index is 12.5. The van der Waals surface area contributed by atoms with Crippen LogP contribution >= 0.6 is 0 Å². The molecule has 0 aliphatic carbocycles. The highest BCUT2D eigenvalue weighted by molar-refractivity contribution is 5.94. The highest BCUT2D eigenvalue weighted by atomic mass is 16.5. The number of rotatable bonds is 7. The lowest BCUT2D eigenvalue weighted by Gasteiger charge is -2.22. The third-order valence-corrected chi connectivity index (χ3v) is 5.90. The van der Waals surface area contributed by atoms with Gasteiger partial charge in [0.25, 0.3) is 5.91 Å². The monoisotopic (exact) mass is 400 g/mol. The van der Waals surface area contributed by atoms with Crippen molar-refractivity contribution in [3.8, 4) is 0 Å². The van der Waals surface area contributed by atoms with Crippen LogP contribution in [0.5, 0.6) is 0 Å². The van der Waals surface area contributed by atoms with Gasteiger partial charge in [0.15, 0.2) is 5.96 Å². The molecule has 7 heteroatoms. The summed E-state index contributed by atoms with van der Waals surface area (Å²) in [5, 5.41) is 9.83. The molecule has 4 atom stereocenters. The van der Waals surface area contributed by atoms with Crippen LogP contribution in [-0.4, -0.2) is 55.9 Å². The molecule has 3 N–H and O–H groups in total. The number of carbonyl (C=O) groups is 1. The molecule has 0 saturated carbocycles. The van der Waals surface area contributed by atoms with E-state index >= 15 is 0 Å². The average Bonchev–Trinajstić information content (AvgIpc) is 3.49. The number of hydrogen-bond acceptors (Lipinski definition) is 4. The van der Waals surface area contributed by atoms with Gasteiger partial charge in [-0.1, -0.05) is 12.1 Å². The first-order valence-corrected chi connectivity index (χ1v) is 10.9. The third kappa shape index (κ3) is 5.28. The Morgan fingerprint density at radius 2 is 2.17 bits per heavy atom. The zero-order valence-corrected chi connectivity index (χ0v) is 17.2. The molecule has 158 valence electrons. The summed E-state index contributed by atoms with van der Waals surface area (Å²) < 4.78 is 11.5. The molecule has 3 aliphatic heterocycles. The predicted molar refractivity (Wildman–Crippen MR) is 112 cm³/mol. The van der Waals surface area contributed by atoms with Crippen LogP contribution in [0.15, 0.2) is 29.3 Å². The van der Waals surface area contributed by atoms with Crippen LogP contribution in [0.2, 0.25) is 0 Å². The van der Waals surface area contributed by atoms with Gasteiger partial charge >= 0.3 is 0 Å². The summed E-state index contributed by atoms with van der Waals surface area (Å²) in [7, 11) is 0. The van der Waals surface area contributed by atoms with Gasteiger partial charge in [-0.25, -0.2) is 4.99 Å². The van der Waals surface area contributed by atoms with Gasteiger partial charge in [-0.15, -0.1) is 0 Å². The van der Waals surface area contributed by atoms with Crippen LogP contribution in [0.4, 0.5) is 0 Å². The van der Waals surface area contributed by atoms with Crippen molar-refractivity contribution in [3.05, 3.63) is 35.4 Å². The molecule has 3 aliphatic rings. The van der Waals surface area contributed by atoms with Gasteiger partial charge in [-0.3, -0.25) is 4.79 Å². The van der Waals surface area contributed by atoms with Crippen LogP contribution in [-0.2, 0) is 16.0 Å². The van der Waals surface area contributed by atoms with Gasteiger partial charge < -0.3 is 25.4 Å². The van der Waals surface area contributed by atoms with Crippen LogP contribution in [0.25, 0.3) is 0 Å². The minimum absolute atomic E-state index is 0.0597. The van der Waals surface area contributed by atoms with E-state index in [2.05, 4.69) is 22.9 Å². The summed E-state index contributed by atoms with van der Waals surface area (Å²) in [6, 6.07) is 8.01. The maximum Gasteiger partial charge on any atom is 0.251 e. The SMILES string of the molecule is CCNC(=NCc1cccc(C(=O)NCC2CCCO2)c1)NC1CC2CCC1O2. The Hall–Kier alpha value is -2.12. The zero-order valence-electron chi connectivity index (χ0n) is 17.2. The Morgan fingerprint density at radius 1 is 1.24 bits per heavy atom. The fourth-order valence-electron chi connectivity index (χ4n) is 4.38. The van der Waals surface area contributed by atoms with Crippen LogP contribution in [0.3, 0.4) is 0 Å². The lowest BCUT2D eigenvalue weighted by Crippen LogP contribution is -2.47. The lowest BCUT2D eigenvalue weighted by molar-refractivity contribution is 0.0857. The number of fused-ring (bicyclic) bond motifs is 2. The van der Waals surface area contributed by atoms with Crippen LogP contribution < -0.4 is 16.0 Å². The highest BCUT2D eigenvalue weighted by Crippen LogP contribution is 2.34. The summed E-state index contributed by atoms with van der Waals surface area (Å²) in [6.45, 7) is 4.75. The largest absolute Gasteiger partial charge is 0.376 e. The van der Waals surface area contributed by atoms with Gasteiger partial charge in [-0.05, 0) is 56.7 Å². The summed E-state index contributed by atoms with van der Waals surface area (Å²) in [6.07, 6.45) is 6.31. The Bertz CT molecular complexity index is 733. The summed E-state index contributed by atoms with van der Waals surface area (Å²) in [4.78, 5) is 17.2. The Morgan fingerprint density at radius 3 is 2.90 bits per heavy atom. The number of nitrogens with one attached hydrogen (secondary N) is 3. The van der Waals surface area contributed by atoms with E-state index in [1.807, 2.05) is 24.3 Å². The molecule has 7 nitrogen and oxygen atoms in total. The molecule has 4 rings (SSSR count). The molecule has 3 fully saturated rings. The third-order valence-electron chi connectivity index (χ3n) is 5.90. The molecular weight excluding hydrogens is 368 g/mol. The summed E-state index contributed by atoms with van der Waals surface area (Å²) in [5.74, 6) is 0.748. The van der Waals surface area contributed by atoms with Crippen LogP contribution in [0.1, 0.15) is 54.9 Å². The minimum atomic E-state index is -0.0597. The van der Waals surface area contributed by atoms with E-state index in [0.717, 1.165) is 50.4 Å². The Balaban J connectivity index is 1.33. The number of amides is 1. The Kier molecular flexibility index (Phi) is 6.67. The normalized spacial score (nSPS) is 28.5. The van der Waals surface area contributed by atoms with E-state index in [-0.39, 0.29) is 12.0 Å². The van der Waals surface area contributed by atoms with Gasteiger partial charge in [0.2, 0.25) is 0 Å². The van der Waals surface area contributed by atoms with E-state index in [1.165, 1.54) is 6.42 Å². The van der Waals surface area contributed by atoms with Crippen molar-refractivity contribution in [2.75, 3.05) is 19.7 Å². The topological polar surface area (TPSA) is 84.0 Å². The smallest absolute Gasteiger partial charge is 0.251 e. The van der Waals surface area contributed by atoms with Gasteiger partial charge in [0.1, 0.15) is 0 Å². The molecule has 1 aromatic carbocycles. The summed E-state index contributed by atoms with van der Waals surface area (Å²) in [5.41, 5.74) is 1.67. The molecule has 4 unspecified atom stereocenters. The molecule has 3 heterocycles. The second-order valence-electron chi connectivity index (χ2n) is 8.10. The van der Waals surface area contributed by atoms with Crippen molar-refractivity contribution in [2.45, 2.75) is 69.9 Å². The van der Waals surface area contributed by atoms with E-state index in [4.69, 9.17) is 14.5 Å². The molecule has 3 saturated heterocycles. The molecule has 2 bridgehead atoms. The number of hydrogen-bond donors (Lipinski definition) is 3. The second-order valence-corrected chi connectivity index (χ2v) is 8.10. The first kappa shape index (κ1) is 20.2. The van der Waals surface area contributed by atoms with Crippen molar-refractivity contribution >= 4 is 11.9 Å². The molecule has 1 amide bonds. The van der Waals surface area contributed by atoms with Crippen molar-refractivity contribution in [2.24, 2.45) is 4.99 Å². The molecule has 0 aromatic heterocycles. The number of ether oxygens (including phenoxy) is 2. The van der Waals surface area contributed by atoms with Crippen molar-refractivity contribution in [1.82, 2.24) is 16.0 Å². The number of carbonyl (C=O) groups excluding carboxylic acids is 1. The van der Waals surface area contributed by atoms with Gasteiger partial charge in [0, 0.05) is 25.3 Å². The predicted octanol–water partition coefficient (Wildman–Crippen LogP) is 1.97. The maximum absolute atomic E-state index is 12.5. The average molecular weight is 401 g/mol. The number of benzene rings is 1.